The summed E-state index contributed by atoms with van der Waals surface area (Å²) in [6.07, 6.45) is 2.12. The molecule has 0 aliphatic carbocycles. The van der Waals surface area contributed by atoms with Gasteiger partial charge in [-0.2, -0.15) is 4.98 Å². The monoisotopic (exact) mass is 384 g/mol. The molecule has 3 rings (SSSR count). The summed E-state index contributed by atoms with van der Waals surface area (Å²) in [7, 11) is 0. The van der Waals surface area contributed by atoms with Crippen molar-refractivity contribution in [2.75, 3.05) is 5.32 Å². The van der Waals surface area contributed by atoms with Gasteiger partial charge in [-0.05, 0) is 41.8 Å². The summed E-state index contributed by atoms with van der Waals surface area (Å²) >= 11 is 5.87. The van der Waals surface area contributed by atoms with E-state index in [0.717, 1.165) is 17.5 Å². The van der Waals surface area contributed by atoms with Gasteiger partial charge in [-0.3, -0.25) is 10.1 Å². The molecule has 1 aromatic heterocycles. The third-order valence-electron chi connectivity index (χ3n) is 3.89. The summed E-state index contributed by atoms with van der Waals surface area (Å²) in [6.45, 7) is 2.39. The highest BCUT2D eigenvalue weighted by Crippen LogP contribution is 2.34. The van der Waals surface area contributed by atoms with Gasteiger partial charge in [0.2, 0.25) is 5.82 Å². The van der Waals surface area contributed by atoms with Crippen molar-refractivity contribution < 1.29 is 9.66 Å². The summed E-state index contributed by atoms with van der Waals surface area (Å²) in [5.74, 6) is 0.445. The second-order valence-corrected chi connectivity index (χ2v) is 6.15. The first-order valence-electron chi connectivity index (χ1n) is 8.31. The molecule has 0 radical (unpaired) electrons. The Balaban J connectivity index is 1.83. The van der Waals surface area contributed by atoms with Crippen LogP contribution in [0.25, 0.3) is 0 Å². The van der Waals surface area contributed by atoms with E-state index in [1.807, 2.05) is 31.2 Å². The predicted octanol–water partition coefficient (Wildman–Crippen LogP) is 5.01. The van der Waals surface area contributed by atoms with E-state index < -0.39 is 4.92 Å². The topological polar surface area (TPSA) is 90.2 Å². The number of ether oxygens (including phenoxy) is 1. The number of aryl methyl sites for hydroxylation is 1. The lowest BCUT2D eigenvalue weighted by atomic mass is 10.2. The van der Waals surface area contributed by atoms with Gasteiger partial charge in [0, 0.05) is 11.6 Å². The Kier molecular flexibility index (Phi) is 5.83. The number of nitro groups is 1. The minimum absolute atomic E-state index is 0.0881. The average molecular weight is 385 g/mol. The molecular weight excluding hydrogens is 368 g/mol. The van der Waals surface area contributed by atoms with Gasteiger partial charge in [-0.25, -0.2) is 4.98 Å². The summed E-state index contributed by atoms with van der Waals surface area (Å²) in [5.41, 5.74) is 1.74. The van der Waals surface area contributed by atoms with Gasteiger partial charge in [0.25, 0.3) is 0 Å². The molecule has 0 unspecified atom stereocenters. The zero-order valence-corrected chi connectivity index (χ0v) is 15.3. The number of anilines is 1. The SMILES string of the molecule is CCc1ccc(Oc2ncnc(NCc3ccc(Cl)cc3)c2[N+](=O)[O-])cc1. The highest BCUT2D eigenvalue weighted by molar-refractivity contribution is 6.30. The standard InChI is InChI=1S/C19H17ClN4O3/c1-2-13-5-9-16(10-6-13)27-19-17(24(25)26)18(22-12-23-19)21-11-14-3-7-15(20)8-4-14/h3-10,12H,2,11H2,1H3,(H,21,22,23). The molecule has 3 aromatic rings. The van der Waals surface area contributed by atoms with E-state index in [1.54, 1.807) is 24.3 Å². The molecule has 2 aromatic carbocycles. The third kappa shape index (κ3) is 4.71. The quantitative estimate of drug-likeness (QED) is 0.455. The Labute approximate surface area is 161 Å². The van der Waals surface area contributed by atoms with E-state index in [2.05, 4.69) is 15.3 Å². The number of hydrogen-bond donors (Lipinski definition) is 1. The first-order valence-corrected chi connectivity index (χ1v) is 8.69. The maximum absolute atomic E-state index is 11.6. The molecule has 0 aliphatic rings. The Hall–Kier alpha value is -3.19. The second kappa shape index (κ2) is 8.46. The van der Waals surface area contributed by atoms with Gasteiger partial charge in [-0.1, -0.05) is 42.8 Å². The molecule has 1 heterocycles. The van der Waals surface area contributed by atoms with Crippen molar-refractivity contribution in [1.82, 2.24) is 9.97 Å². The van der Waals surface area contributed by atoms with Gasteiger partial charge in [0.05, 0.1) is 4.92 Å². The number of aromatic nitrogens is 2. The van der Waals surface area contributed by atoms with E-state index in [-0.39, 0.29) is 17.4 Å². The van der Waals surface area contributed by atoms with Crippen molar-refractivity contribution in [2.24, 2.45) is 0 Å². The first-order chi connectivity index (χ1) is 13.1. The number of nitrogens with zero attached hydrogens (tertiary/aromatic N) is 3. The maximum atomic E-state index is 11.6. The van der Waals surface area contributed by atoms with Crippen LogP contribution in [0.5, 0.6) is 11.6 Å². The van der Waals surface area contributed by atoms with Crippen LogP contribution in [0.2, 0.25) is 5.02 Å². The van der Waals surface area contributed by atoms with Crippen molar-refractivity contribution in [3.63, 3.8) is 0 Å². The number of hydrogen-bond acceptors (Lipinski definition) is 6. The van der Waals surface area contributed by atoms with E-state index in [0.29, 0.717) is 17.3 Å². The average Bonchev–Trinajstić information content (AvgIpc) is 2.68. The molecule has 138 valence electrons. The molecule has 0 saturated heterocycles. The fraction of sp³-hybridized carbons (Fsp3) is 0.158. The van der Waals surface area contributed by atoms with Gasteiger partial charge in [0.1, 0.15) is 12.1 Å². The largest absolute Gasteiger partial charge is 0.434 e. The zero-order chi connectivity index (χ0) is 19.2. The molecule has 0 fully saturated rings. The van der Waals surface area contributed by atoms with Crippen LogP contribution in [0.4, 0.5) is 11.5 Å². The van der Waals surface area contributed by atoms with Crippen molar-refractivity contribution in [2.45, 2.75) is 19.9 Å². The Morgan fingerprint density at radius 1 is 1.07 bits per heavy atom. The Morgan fingerprint density at radius 3 is 2.37 bits per heavy atom. The molecule has 0 saturated carbocycles. The maximum Gasteiger partial charge on any atom is 0.373 e. The molecule has 0 aliphatic heterocycles. The summed E-state index contributed by atoms with van der Waals surface area (Å²) in [6, 6.07) is 14.5. The normalized spacial score (nSPS) is 10.4. The smallest absolute Gasteiger partial charge is 0.373 e. The van der Waals surface area contributed by atoms with Crippen molar-refractivity contribution in [3.8, 4) is 11.6 Å². The van der Waals surface area contributed by atoms with E-state index in [1.165, 1.54) is 6.33 Å². The predicted molar refractivity (Wildman–Crippen MR) is 103 cm³/mol. The van der Waals surface area contributed by atoms with E-state index >= 15 is 0 Å². The highest BCUT2D eigenvalue weighted by Gasteiger charge is 2.25. The lowest BCUT2D eigenvalue weighted by Gasteiger charge is -2.10. The molecule has 7 nitrogen and oxygen atoms in total. The van der Waals surface area contributed by atoms with Crippen LogP contribution in [-0.2, 0) is 13.0 Å². The van der Waals surface area contributed by atoms with Gasteiger partial charge < -0.3 is 10.1 Å². The molecule has 0 bridgehead atoms. The third-order valence-corrected chi connectivity index (χ3v) is 4.14. The van der Waals surface area contributed by atoms with Crippen LogP contribution >= 0.6 is 11.6 Å². The second-order valence-electron chi connectivity index (χ2n) is 5.71. The van der Waals surface area contributed by atoms with E-state index in [4.69, 9.17) is 16.3 Å². The van der Waals surface area contributed by atoms with Gasteiger partial charge >= 0.3 is 11.6 Å². The molecule has 0 spiro atoms. The fourth-order valence-electron chi connectivity index (χ4n) is 2.42. The van der Waals surface area contributed by atoms with Crippen LogP contribution in [-0.4, -0.2) is 14.9 Å². The molecule has 8 heteroatoms. The highest BCUT2D eigenvalue weighted by atomic mass is 35.5. The number of nitrogens with one attached hydrogen (secondary N) is 1. The number of benzene rings is 2. The van der Waals surface area contributed by atoms with Crippen LogP contribution in [0.3, 0.4) is 0 Å². The zero-order valence-electron chi connectivity index (χ0n) is 14.6. The fourth-order valence-corrected chi connectivity index (χ4v) is 2.55. The van der Waals surface area contributed by atoms with Crippen molar-refractivity contribution >= 4 is 23.1 Å². The van der Waals surface area contributed by atoms with Crippen LogP contribution in [0.1, 0.15) is 18.1 Å². The van der Waals surface area contributed by atoms with Crippen molar-refractivity contribution in [1.29, 1.82) is 0 Å². The Bertz CT molecular complexity index is 931. The molecule has 1 N–H and O–H groups in total. The van der Waals surface area contributed by atoms with Crippen molar-refractivity contribution in [3.05, 3.63) is 81.1 Å². The van der Waals surface area contributed by atoms with Crippen LogP contribution < -0.4 is 10.1 Å². The molecular formula is C19H17ClN4O3. The van der Waals surface area contributed by atoms with Crippen LogP contribution in [0, 0.1) is 10.1 Å². The van der Waals surface area contributed by atoms with E-state index in [9.17, 15) is 10.1 Å². The minimum Gasteiger partial charge on any atom is -0.434 e. The first kappa shape index (κ1) is 18.6. The van der Waals surface area contributed by atoms with Gasteiger partial charge in [0.15, 0.2) is 0 Å². The Morgan fingerprint density at radius 2 is 1.74 bits per heavy atom. The lowest BCUT2D eigenvalue weighted by Crippen LogP contribution is -2.07. The lowest BCUT2D eigenvalue weighted by molar-refractivity contribution is -0.385. The summed E-state index contributed by atoms with van der Waals surface area (Å²) in [5, 5.41) is 15.2. The molecule has 27 heavy (non-hydrogen) atoms. The number of halogens is 1. The minimum atomic E-state index is -0.556. The molecule has 0 atom stereocenters. The number of rotatable bonds is 7. The van der Waals surface area contributed by atoms with Gasteiger partial charge in [-0.15, -0.1) is 0 Å². The summed E-state index contributed by atoms with van der Waals surface area (Å²) < 4.78 is 5.63. The van der Waals surface area contributed by atoms with Crippen LogP contribution in [0.15, 0.2) is 54.9 Å². The molecule has 0 amide bonds. The summed E-state index contributed by atoms with van der Waals surface area (Å²) in [4.78, 5) is 18.9.